The van der Waals surface area contributed by atoms with Gasteiger partial charge in [0.2, 0.25) is 0 Å². The number of amides is 2. The Kier molecular flexibility index (Phi) is 5.27. The molecule has 0 atom stereocenters. The highest BCUT2D eigenvalue weighted by atomic mass is 16.5. The number of hydrogen-bond acceptors (Lipinski definition) is 5. The Morgan fingerprint density at radius 1 is 1.23 bits per heavy atom. The molecule has 7 heteroatoms. The fourth-order valence-corrected chi connectivity index (χ4v) is 3.75. The number of carbonyl (C=O) groups is 2. The maximum Gasteiger partial charge on any atom is 0.259 e. The van der Waals surface area contributed by atoms with E-state index in [2.05, 4.69) is 29.2 Å². The molecular formula is C24H25N3O4. The Balaban J connectivity index is 1.82. The fraction of sp³-hybridized carbons (Fsp3) is 0.292. The molecule has 31 heavy (non-hydrogen) atoms. The van der Waals surface area contributed by atoms with Crippen molar-refractivity contribution in [2.75, 3.05) is 27.7 Å². The van der Waals surface area contributed by atoms with Gasteiger partial charge in [0.1, 0.15) is 11.3 Å². The van der Waals surface area contributed by atoms with E-state index >= 15 is 0 Å². The number of carbonyl (C=O) groups excluding carboxylic acids is 2. The molecule has 0 radical (unpaired) electrons. The highest BCUT2D eigenvalue weighted by Gasteiger charge is 2.34. The maximum atomic E-state index is 12.6. The number of pyridine rings is 1. The Morgan fingerprint density at radius 2 is 1.94 bits per heavy atom. The first-order chi connectivity index (χ1) is 14.8. The minimum atomic E-state index is -0.288. The molecule has 0 unspecified atom stereocenters. The molecular weight excluding hydrogens is 394 g/mol. The Labute approximate surface area is 180 Å². The van der Waals surface area contributed by atoms with Crippen LogP contribution in [0.3, 0.4) is 0 Å². The van der Waals surface area contributed by atoms with Gasteiger partial charge in [-0.25, -0.2) is 0 Å². The van der Waals surface area contributed by atoms with Crippen molar-refractivity contribution in [2.24, 2.45) is 0 Å². The first kappa shape index (κ1) is 20.7. The lowest BCUT2D eigenvalue weighted by Gasteiger charge is -2.17. The van der Waals surface area contributed by atoms with Crippen LogP contribution in [-0.4, -0.2) is 59.5 Å². The van der Waals surface area contributed by atoms with Crippen molar-refractivity contribution in [3.8, 4) is 11.5 Å². The lowest BCUT2D eigenvalue weighted by Crippen LogP contribution is -2.27. The van der Waals surface area contributed by atoms with Gasteiger partial charge in [0.05, 0.1) is 12.1 Å². The van der Waals surface area contributed by atoms with Gasteiger partial charge in [-0.3, -0.25) is 14.6 Å². The molecule has 0 spiro atoms. The molecule has 2 amide bonds. The van der Waals surface area contributed by atoms with Gasteiger partial charge in [-0.15, -0.1) is 0 Å². The molecule has 1 N–H and O–H groups in total. The van der Waals surface area contributed by atoms with Gasteiger partial charge >= 0.3 is 0 Å². The Bertz CT molecular complexity index is 1190. The van der Waals surface area contributed by atoms with E-state index < -0.39 is 0 Å². The topological polar surface area (TPSA) is 83.0 Å². The number of nitrogens with zero attached hydrogens (tertiary/aromatic N) is 3. The van der Waals surface area contributed by atoms with E-state index in [1.165, 1.54) is 15.4 Å². The van der Waals surface area contributed by atoms with Gasteiger partial charge < -0.3 is 19.6 Å². The monoisotopic (exact) mass is 419 g/mol. The van der Waals surface area contributed by atoms with Crippen LogP contribution in [0.2, 0.25) is 0 Å². The third-order valence-corrected chi connectivity index (χ3v) is 5.55. The van der Waals surface area contributed by atoms with E-state index in [4.69, 9.17) is 4.74 Å². The van der Waals surface area contributed by atoms with Crippen molar-refractivity contribution in [2.45, 2.75) is 19.9 Å². The van der Waals surface area contributed by atoms with Crippen LogP contribution >= 0.6 is 0 Å². The van der Waals surface area contributed by atoms with Crippen molar-refractivity contribution in [1.29, 1.82) is 0 Å². The number of likely N-dealkylation sites (N-methyl/N-ethyl adjacent to an activating group) is 1. The summed E-state index contributed by atoms with van der Waals surface area (Å²) in [7, 11) is 4.98. The molecule has 0 bridgehead atoms. The second kappa shape index (κ2) is 7.91. The number of aromatic hydroxyl groups is 1. The van der Waals surface area contributed by atoms with Crippen LogP contribution in [-0.2, 0) is 17.8 Å². The van der Waals surface area contributed by atoms with Crippen LogP contribution in [0.25, 0.3) is 10.9 Å². The second-order valence-electron chi connectivity index (χ2n) is 8.17. The molecule has 1 aliphatic heterocycles. The van der Waals surface area contributed by atoms with E-state index in [0.717, 1.165) is 11.1 Å². The van der Waals surface area contributed by atoms with Crippen LogP contribution in [0, 0.1) is 6.92 Å². The number of aromatic nitrogens is 1. The van der Waals surface area contributed by atoms with Crippen molar-refractivity contribution in [1.82, 2.24) is 14.8 Å². The largest absolute Gasteiger partial charge is 0.505 e. The number of benzene rings is 2. The molecule has 0 fully saturated rings. The summed E-state index contributed by atoms with van der Waals surface area (Å²) in [6, 6.07) is 10.2. The third-order valence-electron chi connectivity index (χ3n) is 5.55. The number of aryl methyl sites for hydroxylation is 1. The van der Waals surface area contributed by atoms with E-state index in [1.54, 1.807) is 27.3 Å². The number of fused-ring (bicyclic) bond motifs is 2. The normalized spacial score (nSPS) is 12.9. The first-order valence-electron chi connectivity index (χ1n) is 10.1. The number of phenols is 1. The van der Waals surface area contributed by atoms with Gasteiger partial charge in [0.15, 0.2) is 12.4 Å². The van der Waals surface area contributed by atoms with Crippen molar-refractivity contribution in [3.63, 3.8) is 0 Å². The van der Waals surface area contributed by atoms with Gasteiger partial charge in [-0.05, 0) is 30.5 Å². The van der Waals surface area contributed by atoms with E-state index in [0.29, 0.717) is 35.2 Å². The number of hydrogen-bond donors (Lipinski definition) is 1. The zero-order valence-electron chi connectivity index (χ0n) is 18.1. The van der Waals surface area contributed by atoms with Crippen LogP contribution in [0.15, 0.2) is 36.5 Å². The van der Waals surface area contributed by atoms with Crippen LogP contribution in [0.4, 0.5) is 0 Å². The van der Waals surface area contributed by atoms with Crippen LogP contribution < -0.4 is 4.74 Å². The minimum Gasteiger partial charge on any atom is -0.505 e. The fourth-order valence-electron chi connectivity index (χ4n) is 3.75. The van der Waals surface area contributed by atoms with Crippen LogP contribution in [0.5, 0.6) is 11.5 Å². The molecule has 4 rings (SSSR count). The van der Waals surface area contributed by atoms with Crippen molar-refractivity contribution < 1.29 is 19.4 Å². The maximum absolute atomic E-state index is 12.6. The summed E-state index contributed by atoms with van der Waals surface area (Å²) >= 11 is 0. The van der Waals surface area contributed by atoms with Gasteiger partial charge in [0, 0.05) is 38.3 Å². The lowest BCUT2D eigenvalue weighted by atomic mass is 9.99. The number of ether oxygens (including phenoxy) is 1. The van der Waals surface area contributed by atoms with E-state index in [9.17, 15) is 14.7 Å². The van der Waals surface area contributed by atoms with Crippen molar-refractivity contribution >= 4 is 22.7 Å². The predicted octanol–water partition coefficient (Wildman–Crippen LogP) is 2.89. The summed E-state index contributed by atoms with van der Waals surface area (Å²) in [6.45, 7) is 2.17. The average molecular weight is 419 g/mol. The smallest absolute Gasteiger partial charge is 0.259 e. The number of rotatable bonds is 5. The highest BCUT2D eigenvalue weighted by molar-refractivity contribution is 6.08. The molecule has 0 saturated heterocycles. The predicted molar refractivity (Wildman–Crippen MR) is 117 cm³/mol. The summed E-state index contributed by atoms with van der Waals surface area (Å²) < 4.78 is 5.94. The summed E-state index contributed by atoms with van der Waals surface area (Å²) in [5.41, 5.74) is 4.34. The SMILES string of the molecule is Cc1ccc(Cc2cnc3c(O)c4c(c(OCC(=O)N(C)C)c3c2)CN(C)C4=O)cc1. The zero-order valence-corrected chi connectivity index (χ0v) is 18.1. The summed E-state index contributed by atoms with van der Waals surface area (Å²) in [5, 5.41) is 11.4. The summed E-state index contributed by atoms with van der Waals surface area (Å²) in [5.74, 6) is -0.207. The Hall–Kier alpha value is -3.61. The molecule has 0 aliphatic carbocycles. The summed E-state index contributed by atoms with van der Waals surface area (Å²) in [4.78, 5) is 32.2. The van der Waals surface area contributed by atoms with Crippen molar-refractivity contribution in [3.05, 3.63) is 64.3 Å². The second-order valence-corrected chi connectivity index (χ2v) is 8.17. The van der Waals surface area contributed by atoms with Gasteiger partial charge in [-0.2, -0.15) is 0 Å². The quantitative estimate of drug-likeness (QED) is 0.688. The Morgan fingerprint density at radius 3 is 2.61 bits per heavy atom. The van der Waals surface area contributed by atoms with E-state index in [1.807, 2.05) is 13.0 Å². The van der Waals surface area contributed by atoms with E-state index in [-0.39, 0.29) is 29.7 Å². The summed E-state index contributed by atoms with van der Waals surface area (Å²) in [6.07, 6.45) is 2.36. The molecule has 2 aromatic carbocycles. The van der Waals surface area contributed by atoms with Crippen LogP contribution in [0.1, 0.15) is 32.6 Å². The van der Waals surface area contributed by atoms with Gasteiger partial charge in [-0.1, -0.05) is 29.8 Å². The molecule has 7 nitrogen and oxygen atoms in total. The molecule has 3 aromatic rings. The third kappa shape index (κ3) is 3.79. The number of phenolic OH excluding ortho intramolecular Hbond substituents is 1. The molecule has 2 heterocycles. The standard InChI is InChI=1S/C24H25N3O4/c1-14-5-7-15(8-6-14)9-16-10-17-21(25-11-16)22(29)20-18(12-27(4)24(20)30)23(17)31-13-19(28)26(2)3/h5-8,10-11,29H,9,12-13H2,1-4H3. The minimum absolute atomic E-state index is 0.146. The lowest BCUT2D eigenvalue weighted by molar-refractivity contribution is -0.130. The van der Waals surface area contributed by atoms with Gasteiger partial charge in [0.25, 0.3) is 11.8 Å². The zero-order chi connectivity index (χ0) is 22.3. The molecule has 160 valence electrons. The molecule has 0 saturated carbocycles. The average Bonchev–Trinajstić information content (AvgIpc) is 3.04. The molecule has 1 aromatic heterocycles. The molecule has 1 aliphatic rings. The first-order valence-corrected chi connectivity index (χ1v) is 10.1. The highest BCUT2D eigenvalue weighted by Crippen LogP contribution is 2.43.